The normalized spacial score (nSPS) is 18.1. The van der Waals surface area contributed by atoms with E-state index in [1.807, 2.05) is 54.7 Å². The molecule has 0 fully saturated rings. The summed E-state index contributed by atoms with van der Waals surface area (Å²) in [5.41, 5.74) is 19.2. The summed E-state index contributed by atoms with van der Waals surface area (Å²) in [7, 11) is 18.7. The molecular weight excluding hydrogens is 1400 g/mol. The van der Waals surface area contributed by atoms with E-state index in [0.717, 1.165) is 143 Å². The molecule has 4 atom stereocenters. The zero-order chi connectivity index (χ0) is 75.4. The van der Waals surface area contributed by atoms with Crippen LogP contribution in [-0.4, -0.2) is 132 Å². The summed E-state index contributed by atoms with van der Waals surface area (Å²) in [6.07, 6.45) is 9.79. The quantitative estimate of drug-likeness (QED) is 0.0933. The lowest BCUT2D eigenvalue weighted by Crippen LogP contribution is -2.35. The van der Waals surface area contributed by atoms with Gasteiger partial charge in [-0.1, -0.05) is 42.5 Å². The van der Waals surface area contributed by atoms with Gasteiger partial charge in [0.15, 0.2) is 46.0 Å². The Kier molecular flexibility index (Phi) is 22.8. The summed E-state index contributed by atoms with van der Waals surface area (Å²) < 4.78 is 76.6. The van der Waals surface area contributed by atoms with E-state index in [1.54, 1.807) is 60.2 Å². The lowest BCUT2D eigenvalue weighted by Gasteiger charge is -2.38. The van der Waals surface area contributed by atoms with Crippen molar-refractivity contribution in [3.8, 4) is 80.5 Å². The molecule has 8 aromatic carbocycles. The van der Waals surface area contributed by atoms with Gasteiger partial charge in [0.1, 0.15) is 23.0 Å². The minimum atomic E-state index is -0.162. The lowest BCUT2D eigenvalue weighted by atomic mass is 9.84. The summed E-state index contributed by atoms with van der Waals surface area (Å²) >= 11 is 1.66. The first-order valence-electron chi connectivity index (χ1n) is 37.5. The van der Waals surface area contributed by atoms with E-state index in [-0.39, 0.29) is 37.4 Å². The second kappa shape index (κ2) is 33.2. The zero-order valence-corrected chi connectivity index (χ0v) is 64.7. The van der Waals surface area contributed by atoms with Gasteiger partial charge in [0, 0.05) is 96.1 Å². The van der Waals surface area contributed by atoms with E-state index in [9.17, 15) is 10.2 Å². The molecule has 8 aliphatic rings. The molecule has 0 aliphatic carbocycles. The molecule has 0 amide bonds. The predicted octanol–water partition coefficient (Wildman–Crippen LogP) is 16.2. The topological polar surface area (TPSA) is 177 Å². The number of aliphatic hydroxyl groups is 2. The van der Waals surface area contributed by atoms with Gasteiger partial charge in [-0.25, -0.2) is 0 Å². The van der Waals surface area contributed by atoms with Crippen LogP contribution in [0.2, 0.25) is 0 Å². The van der Waals surface area contributed by atoms with Crippen LogP contribution >= 0.6 is 11.3 Å². The molecule has 19 nitrogen and oxygen atoms in total. The minimum absolute atomic E-state index is 0.102. The first kappa shape index (κ1) is 74.7. The van der Waals surface area contributed by atoms with Crippen LogP contribution in [0.25, 0.3) is 0 Å². The monoisotopic (exact) mass is 1490 g/mol. The van der Waals surface area contributed by atoms with Crippen LogP contribution < -0.4 is 47.4 Å². The maximum Gasteiger partial charge on any atom is 0.204 e. The standard InChI is InChI=1S/C45H49N3O7.C44H48N2O7S/c1-47-17-14-31-22-32(25-49)40-23-35(31)37(47)19-28-8-11-33(12-9-28)54-41-21-29(10-13-39(41)50-3)20-38-42-34(15-18-48(38)2)36(27-53-26-30-7-6-16-46-24-30)43(51-4)45(52-5)44(42)55-40;1-45-15-12-30-21-31(23-47)39-22-34(30)36(45)18-27-6-9-32(10-7-27)52-40-20-28(8-11-38(40)48-3)19-37-41-33(13-16-46(37)2)35(25-51-24-29-14-17-54-26-29)42(49-4)44(50-5)43(41)53-39/h6-13,16,21-24,37-38,49H,14-15,17-20,25-27H2,1-5H3;6-11,14,17,20-22,26,36-37,47H,12-13,15-16,18-19,23-25H2,1-5H3/t37-,38-;36-,37-/m00/s1. The minimum Gasteiger partial charge on any atom is -0.493 e. The van der Waals surface area contributed by atoms with E-state index in [1.165, 1.54) is 33.4 Å². The molecule has 8 aliphatic heterocycles. The Bertz CT molecular complexity index is 4890. The summed E-state index contributed by atoms with van der Waals surface area (Å²) in [5.74, 6) is 8.72. The molecule has 0 saturated heterocycles. The molecule has 10 heterocycles. The molecular formula is C89H97N5O14S. The van der Waals surface area contributed by atoms with Gasteiger partial charge in [0.25, 0.3) is 0 Å². The molecule has 2 aromatic heterocycles. The molecule has 20 heteroatoms. The van der Waals surface area contributed by atoms with Gasteiger partial charge in [-0.15, -0.1) is 0 Å². The van der Waals surface area contributed by atoms with E-state index in [2.05, 4.69) is 142 Å². The highest BCUT2D eigenvalue weighted by Crippen LogP contribution is 2.56. The molecule has 0 unspecified atom stereocenters. The molecule has 2 N–H and O–H groups in total. The number of methoxy groups -OCH3 is 6. The third kappa shape index (κ3) is 15.4. The Morgan fingerprint density at radius 3 is 1.28 bits per heavy atom. The number of pyridine rings is 1. The van der Waals surface area contributed by atoms with Crippen molar-refractivity contribution in [2.24, 2.45) is 0 Å². The fourth-order valence-electron chi connectivity index (χ4n) is 16.8. The Hall–Kier alpha value is -9.71. The Labute approximate surface area is 642 Å². The third-order valence-corrected chi connectivity index (χ3v) is 23.4. The van der Waals surface area contributed by atoms with Crippen molar-refractivity contribution in [3.05, 3.63) is 251 Å². The highest BCUT2D eigenvalue weighted by atomic mass is 32.1. The van der Waals surface area contributed by atoms with E-state index < -0.39 is 0 Å². The predicted molar refractivity (Wildman–Crippen MR) is 420 cm³/mol. The van der Waals surface area contributed by atoms with Gasteiger partial charge in [-0.3, -0.25) is 24.6 Å². The van der Waals surface area contributed by atoms with Gasteiger partial charge in [-0.2, -0.15) is 11.3 Å². The second-order valence-corrected chi connectivity index (χ2v) is 29.9. The van der Waals surface area contributed by atoms with Crippen LogP contribution in [0.3, 0.4) is 0 Å². The fraction of sp³-hybridized carbons (Fsp3) is 0.360. The number of aromatic nitrogens is 1. The van der Waals surface area contributed by atoms with Crippen molar-refractivity contribution in [2.45, 2.75) is 115 Å². The van der Waals surface area contributed by atoms with Crippen molar-refractivity contribution in [3.63, 3.8) is 0 Å². The molecule has 0 spiro atoms. The van der Waals surface area contributed by atoms with Crippen LogP contribution in [0.4, 0.5) is 0 Å². The SMILES string of the molecule is COc1ccc2cc1Oc1ccc(cc1)C[C@H]1c3cc(c(CO)cc3CCN1C)Oc1c(OC)c(OC)c(COCc3cccnc3)c3c1[C@H](C2)N(C)CC3.COc1ccc2cc1Oc1ccc(cc1)C[C@H]1c3cc(c(CO)cc3CCN1C)Oc1c(OC)c(OC)c(COCc3ccsc3)c3c1[C@H](C2)N(C)CC3. The maximum atomic E-state index is 10.8. The number of rotatable bonds is 16. The zero-order valence-electron chi connectivity index (χ0n) is 63.9. The van der Waals surface area contributed by atoms with Gasteiger partial charge in [0.05, 0.1) is 82.3 Å². The summed E-state index contributed by atoms with van der Waals surface area (Å²) in [5, 5.41) is 25.8. The first-order chi connectivity index (χ1) is 53.3. The maximum absolute atomic E-state index is 10.8. The Morgan fingerprint density at radius 2 is 0.862 bits per heavy atom. The highest BCUT2D eigenvalue weighted by Gasteiger charge is 2.40. The summed E-state index contributed by atoms with van der Waals surface area (Å²) in [6.45, 7) is 4.70. The van der Waals surface area contributed by atoms with Crippen LogP contribution in [0.5, 0.6) is 80.5 Å². The molecule has 0 radical (unpaired) electrons. The number of hydrogen-bond donors (Lipinski definition) is 2. The summed E-state index contributed by atoms with van der Waals surface area (Å²) in [6, 6.07) is 43.5. The second-order valence-electron chi connectivity index (χ2n) is 29.1. The third-order valence-electron chi connectivity index (χ3n) is 22.7. The average Bonchev–Trinajstić information content (AvgIpc) is 0.858. The Balaban J connectivity index is 0.000000174. The number of likely N-dealkylation sites (N-methyl/N-ethyl adjacent to an activating group) is 4. The number of hydrogen-bond acceptors (Lipinski definition) is 20. The number of nitrogens with zero attached hydrogens (tertiary/aromatic N) is 5. The van der Waals surface area contributed by atoms with Crippen molar-refractivity contribution in [1.29, 1.82) is 0 Å². The number of benzene rings is 8. The number of thiophene rings is 1. The van der Waals surface area contributed by atoms with Crippen LogP contribution in [0.1, 0.15) is 124 Å². The van der Waals surface area contributed by atoms with Crippen LogP contribution in [-0.2, 0) is 100 Å². The van der Waals surface area contributed by atoms with Gasteiger partial charge >= 0.3 is 0 Å². The molecule has 568 valence electrons. The molecule has 109 heavy (non-hydrogen) atoms. The van der Waals surface area contributed by atoms with Gasteiger partial charge in [0.2, 0.25) is 11.5 Å². The van der Waals surface area contributed by atoms with Crippen molar-refractivity contribution in [1.82, 2.24) is 24.6 Å². The van der Waals surface area contributed by atoms with Crippen molar-refractivity contribution in [2.75, 3.05) is 97.0 Å². The van der Waals surface area contributed by atoms with E-state index in [0.29, 0.717) is 108 Å². The number of fused-ring (bicyclic) bond motifs is 4. The van der Waals surface area contributed by atoms with Gasteiger partial charge in [-0.05, 0) is 242 Å². The fourth-order valence-corrected chi connectivity index (χ4v) is 17.5. The molecule has 12 bridgehead atoms. The van der Waals surface area contributed by atoms with Crippen LogP contribution in [0, 0.1) is 0 Å². The first-order valence-corrected chi connectivity index (χ1v) is 38.4. The van der Waals surface area contributed by atoms with Crippen LogP contribution in [0.15, 0.2) is 151 Å². The molecule has 10 aromatic rings. The largest absolute Gasteiger partial charge is 0.493 e. The lowest BCUT2D eigenvalue weighted by molar-refractivity contribution is 0.103. The smallest absolute Gasteiger partial charge is 0.204 e. The van der Waals surface area contributed by atoms with Crippen molar-refractivity contribution >= 4 is 11.3 Å². The van der Waals surface area contributed by atoms with Gasteiger partial charge < -0.3 is 67.1 Å². The molecule has 0 saturated carbocycles. The van der Waals surface area contributed by atoms with E-state index >= 15 is 0 Å². The Morgan fingerprint density at radius 1 is 0.431 bits per heavy atom. The highest BCUT2D eigenvalue weighted by molar-refractivity contribution is 7.07. The molecule has 18 rings (SSSR count). The van der Waals surface area contributed by atoms with E-state index in [4.69, 9.17) is 56.8 Å². The average molecular weight is 1490 g/mol. The number of aliphatic hydroxyl groups excluding tert-OH is 2. The van der Waals surface area contributed by atoms with Crippen molar-refractivity contribution < 1.29 is 67.1 Å². The number of ether oxygens (including phenoxy) is 12. The summed E-state index contributed by atoms with van der Waals surface area (Å²) in [4.78, 5) is 13.8.